The summed E-state index contributed by atoms with van der Waals surface area (Å²) in [4.78, 5) is 12.8. The Kier molecular flexibility index (Phi) is 8.34. The molecule has 6 nitrogen and oxygen atoms in total. The second-order valence-corrected chi connectivity index (χ2v) is 10.1. The molecule has 0 fully saturated rings. The predicted octanol–water partition coefficient (Wildman–Crippen LogP) is 3.96. The first-order valence-electron chi connectivity index (χ1n) is 10.3. The molecule has 2 rings (SSSR count). The average Bonchev–Trinajstić information content (AvgIpc) is 2.69. The number of ether oxygens (including phenoxy) is 1. The van der Waals surface area contributed by atoms with Crippen LogP contribution in [0, 0.1) is 12.7 Å². The summed E-state index contributed by atoms with van der Waals surface area (Å²) in [6, 6.07) is 10.5. The summed E-state index contributed by atoms with van der Waals surface area (Å²) < 4.78 is 46.9. The van der Waals surface area contributed by atoms with E-state index >= 15 is 0 Å². The molecule has 2 aromatic carbocycles. The zero-order valence-electron chi connectivity index (χ0n) is 19.0. The van der Waals surface area contributed by atoms with Crippen LogP contribution in [0.4, 0.5) is 4.39 Å². The van der Waals surface area contributed by atoms with Crippen LogP contribution in [0.15, 0.2) is 52.9 Å². The van der Waals surface area contributed by atoms with Crippen LogP contribution in [0.5, 0.6) is 0 Å². The van der Waals surface area contributed by atoms with Gasteiger partial charge in [0, 0.05) is 24.1 Å². The average molecular weight is 464 g/mol. The van der Waals surface area contributed by atoms with E-state index < -0.39 is 21.5 Å². The fourth-order valence-electron chi connectivity index (χ4n) is 3.24. The Bertz CT molecular complexity index is 1100. The first-order valence-corrected chi connectivity index (χ1v) is 11.8. The van der Waals surface area contributed by atoms with E-state index in [1.54, 1.807) is 58.9 Å². The Hall–Kier alpha value is -2.55. The lowest BCUT2D eigenvalue weighted by molar-refractivity contribution is -0.138. The van der Waals surface area contributed by atoms with E-state index in [4.69, 9.17) is 4.74 Å². The molecule has 0 saturated carbocycles. The van der Waals surface area contributed by atoms with Crippen molar-refractivity contribution in [3.05, 3.63) is 70.5 Å². The fourth-order valence-corrected chi connectivity index (χ4v) is 4.66. The van der Waals surface area contributed by atoms with Crippen molar-refractivity contribution in [1.82, 2.24) is 4.72 Å². The van der Waals surface area contributed by atoms with Crippen molar-refractivity contribution in [3.8, 4) is 0 Å². The topological polar surface area (TPSA) is 92.7 Å². The Labute approximate surface area is 189 Å². The number of aryl methyl sites for hydroxylation is 1. The monoisotopic (exact) mass is 463 g/mol. The molecule has 174 valence electrons. The van der Waals surface area contributed by atoms with Gasteiger partial charge in [-0.1, -0.05) is 18.2 Å². The number of aliphatic hydroxyl groups excluding tert-OH is 1. The van der Waals surface area contributed by atoms with Crippen molar-refractivity contribution >= 4 is 21.6 Å². The van der Waals surface area contributed by atoms with Gasteiger partial charge < -0.3 is 9.84 Å². The third-order valence-corrected chi connectivity index (χ3v) is 6.30. The van der Waals surface area contributed by atoms with Crippen LogP contribution in [0.25, 0.3) is 5.57 Å². The summed E-state index contributed by atoms with van der Waals surface area (Å²) in [6.45, 7) is 8.39. The molecule has 2 N–H and O–H groups in total. The van der Waals surface area contributed by atoms with Gasteiger partial charge in [0.05, 0.1) is 11.5 Å². The van der Waals surface area contributed by atoms with Crippen LogP contribution < -0.4 is 4.72 Å². The zero-order chi connectivity index (χ0) is 24.1. The number of nitrogens with one attached hydrogen (secondary N) is 1. The Morgan fingerprint density at radius 1 is 1.09 bits per heavy atom. The van der Waals surface area contributed by atoms with E-state index in [9.17, 15) is 22.7 Å². The first kappa shape index (κ1) is 25.7. The highest BCUT2D eigenvalue weighted by Crippen LogP contribution is 2.31. The highest BCUT2D eigenvalue weighted by molar-refractivity contribution is 7.89. The Balaban J connectivity index is 2.68. The smallest absolute Gasteiger partial charge is 0.334 e. The highest BCUT2D eigenvalue weighted by atomic mass is 32.2. The van der Waals surface area contributed by atoms with Crippen molar-refractivity contribution in [1.29, 1.82) is 0 Å². The normalized spacial score (nSPS) is 13.0. The molecule has 0 saturated heterocycles. The standard InChI is InChI=1S/C24H30FNO5S/c1-6-31-23(28)20(13-14-27)22(18-9-12-21(25)16(2)15-18)17-7-10-19(11-8-17)32(29,30)26-24(3,4)5/h7-12,15,26-27H,6,13-14H2,1-5H3/b22-20-. The van der Waals surface area contributed by atoms with Gasteiger partial charge in [-0.25, -0.2) is 22.3 Å². The van der Waals surface area contributed by atoms with Crippen molar-refractivity contribution in [3.63, 3.8) is 0 Å². The molecule has 32 heavy (non-hydrogen) atoms. The maximum absolute atomic E-state index is 13.9. The SMILES string of the molecule is CCOC(=O)/C(CCO)=C(/c1ccc(S(=O)(=O)NC(C)(C)C)cc1)c1ccc(F)c(C)c1. The van der Waals surface area contributed by atoms with Crippen LogP contribution in [-0.4, -0.2) is 38.2 Å². The van der Waals surface area contributed by atoms with E-state index in [1.807, 2.05) is 0 Å². The third-order valence-electron chi connectivity index (χ3n) is 4.53. The Morgan fingerprint density at radius 3 is 2.19 bits per heavy atom. The van der Waals surface area contributed by atoms with Gasteiger partial charge in [0.25, 0.3) is 0 Å². The van der Waals surface area contributed by atoms with Crippen LogP contribution >= 0.6 is 0 Å². The highest BCUT2D eigenvalue weighted by Gasteiger charge is 2.24. The van der Waals surface area contributed by atoms with Gasteiger partial charge in [-0.3, -0.25) is 0 Å². The molecule has 0 atom stereocenters. The molecule has 0 aromatic heterocycles. The van der Waals surface area contributed by atoms with Gasteiger partial charge in [-0.05, 0) is 81.1 Å². The number of rotatable bonds is 8. The number of halogens is 1. The number of sulfonamides is 1. The van der Waals surface area contributed by atoms with Gasteiger partial charge in [-0.2, -0.15) is 0 Å². The number of carbonyl (C=O) groups excluding carboxylic acids is 1. The summed E-state index contributed by atoms with van der Waals surface area (Å²) in [7, 11) is -3.74. The number of hydrogen-bond acceptors (Lipinski definition) is 5. The molecule has 0 unspecified atom stereocenters. The lowest BCUT2D eigenvalue weighted by atomic mass is 9.90. The summed E-state index contributed by atoms with van der Waals surface area (Å²) >= 11 is 0. The molecular formula is C24H30FNO5S. The van der Waals surface area contributed by atoms with Crippen LogP contribution in [0.2, 0.25) is 0 Å². The molecule has 0 aliphatic rings. The third kappa shape index (κ3) is 6.48. The number of esters is 1. The zero-order valence-corrected chi connectivity index (χ0v) is 19.8. The molecule has 0 aliphatic heterocycles. The lowest BCUT2D eigenvalue weighted by Gasteiger charge is -2.21. The van der Waals surface area contributed by atoms with Gasteiger partial charge in [0.15, 0.2) is 0 Å². The largest absolute Gasteiger partial charge is 0.463 e. The number of carbonyl (C=O) groups is 1. The van der Waals surface area contributed by atoms with Crippen molar-refractivity contribution in [2.45, 2.75) is 51.5 Å². The molecule has 0 heterocycles. The molecule has 0 amide bonds. The van der Waals surface area contributed by atoms with Gasteiger partial charge in [-0.15, -0.1) is 0 Å². The number of aliphatic hydroxyl groups is 1. The number of benzene rings is 2. The molecule has 0 bridgehead atoms. The van der Waals surface area contributed by atoms with Gasteiger partial charge >= 0.3 is 5.97 Å². The fraction of sp³-hybridized carbons (Fsp3) is 0.375. The molecular weight excluding hydrogens is 433 g/mol. The summed E-state index contributed by atoms with van der Waals surface area (Å²) in [6.07, 6.45) is 0.0240. The van der Waals surface area contributed by atoms with Gasteiger partial charge in [0.1, 0.15) is 5.82 Å². The van der Waals surface area contributed by atoms with Crippen molar-refractivity contribution in [2.75, 3.05) is 13.2 Å². The van der Waals surface area contributed by atoms with Gasteiger partial charge in [0.2, 0.25) is 10.0 Å². The van der Waals surface area contributed by atoms with E-state index in [0.29, 0.717) is 22.3 Å². The molecule has 0 aliphatic carbocycles. The van der Waals surface area contributed by atoms with Crippen LogP contribution in [-0.2, 0) is 19.6 Å². The minimum absolute atomic E-state index is 0.0240. The molecule has 8 heteroatoms. The summed E-state index contributed by atoms with van der Waals surface area (Å²) in [5.74, 6) is -0.979. The second-order valence-electron chi connectivity index (χ2n) is 8.39. The summed E-state index contributed by atoms with van der Waals surface area (Å²) in [5.41, 5.74) is 1.52. The minimum Gasteiger partial charge on any atom is -0.463 e. The van der Waals surface area contributed by atoms with Crippen LogP contribution in [0.1, 0.15) is 50.8 Å². The van der Waals surface area contributed by atoms with Crippen molar-refractivity contribution in [2.24, 2.45) is 0 Å². The number of hydrogen-bond donors (Lipinski definition) is 2. The maximum atomic E-state index is 13.9. The lowest BCUT2D eigenvalue weighted by Crippen LogP contribution is -2.40. The quantitative estimate of drug-likeness (QED) is 0.457. The second kappa shape index (κ2) is 10.4. The van der Waals surface area contributed by atoms with E-state index in [2.05, 4.69) is 4.72 Å². The molecule has 2 aromatic rings. The summed E-state index contributed by atoms with van der Waals surface area (Å²) in [5, 5.41) is 9.56. The molecule has 0 radical (unpaired) electrons. The van der Waals surface area contributed by atoms with Crippen molar-refractivity contribution < 1.29 is 27.4 Å². The maximum Gasteiger partial charge on any atom is 0.334 e. The first-order chi connectivity index (χ1) is 14.9. The van der Waals surface area contributed by atoms with E-state index in [-0.39, 0.29) is 35.9 Å². The van der Waals surface area contributed by atoms with E-state index in [0.717, 1.165) is 0 Å². The Morgan fingerprint density at radius 2 is 1.69 bits per heavy atom. The van der Waals surface area contributed by atoms with E-state index in [1.165, 1.54) is 18.2 Å². The minimum atomic E-state index is -3.74. The predicted molar refractivity (Wildman–Crippen MR) is 122 cm³/mol. The van der Waals surface area contributed by atoms with Crippen LogP contribution in [0.3, 0.4) is 0 Å². The molecule has 0 spiro atoms.